The average molecular weight is 491 g/mol. The van der Waals surface area contributed by atoms with Crippen LogP contribution in [0.3, 0.4) is 0 Å². The van der Waals surface area contributed by atoms with E-state index in [9.17, 15) is 9.59 Å². The molecule has 170 valence electrons. The van der Waals surface area contributed by atoms with Gasteiger partial charge in [0.25, 0.3) is 5.91 Å². The van der Waals surface area contributed by atoms with Gasteiger partial charge in [-0.05, 0) is 24.3 Å². The summed E-state index contributed by atoms with van der Waals surface area (Å²) in [6.45, 7) is 0.368. The Morgan fingerprint density at radius 2 is 1.56 bits per heavy atom. The number of ether oxygens (including phenoxy) is 1. The first-order valence-corrected chi connectivity index (χ1v) is 11.8. The summed E-state index contributed by atoms with van der Waals surface area (Å²) >= 11 is 7.34. The molecule has 0 radical (unpaired) electrons. The molecule has 7 nitrogen and oxygen atoms in total. The van der Waals surface area contributed by atoms with Crippen LogP contribution >= 0.6 is 22.9 Å². The molecule has 0 atom stereocenters. The molecule has 0 bridgehead atoms. The van der Waals surface area contributed by atoms with Crippen LogP contribution in [-0.2, 0) is 11.2 Å². The van der Waals surface area contributed by atoms with Crippen molar-refractivity contribution in [2.45, 2.75) is 12.3 Å². The van der Waals surface area contributed by atoms with Gasteiger partial charge in [0.2, 0.25) is 11.0 Å². The summed E-state index contributed by atoms with van der Waals surface area (Å²) in [5, 5.41) is 15.5. The number of anilines is 1. The van der Waals surface area contributed by atoms with E-state index in [0.717, 1.165) is 11.1 Å². The highest BCUT2D eigenvalue weighted by Gasteiger charge is 2.32. The van der Waals surface area contributed by atoms with Gasteiger partial charge in [-0.2, -0.15) is 0 Å². The van der Waals surface area contributed by atoms with Crippen LogP contribution in [-0.4, -0.2) is 28.6 Å². The molecule has 2 amide bonds. The zero-order chi connectivity index (χ0) is 23.5. The van der Waals surface area contributed by atoms with Crippen molar-refractivity contribution in [1.82, 2.24) is 15.5 Å². The second-order valence-electron chi connectivity index (χ2n) is 7.59. The molecule has 0 unspecified atom stereocenters. The van der Waals surface area contributed by atoms with Crippen LogP contribution in [0.5, 0.6) is 11.5 Å². The van der Waals surface area contributed by atoms with Gasteiger partial charge in [-0.25, -0.2) is 0 Å². The summed E-state index contributed by atoms with van der Waals surface area (Å²) in [4.78, 5) is 25.6. The van der Waals surface area contributed by atoms with Crippen LogP contribution < -0.4 is 15.4 Å². The number of amides is 2. The predicted octanol–water partition coefficient (Wildman–Crippen LogP) is 5.04. The number of carbonyl (C=O) groups is 2. The SMILES string of the molecule is O=C(NCCc1nnc(NC(=O)C2c3ccccc3Oc3ccccc32)s1)c1ccccc1Cl. The minimum atomic E-state index is -0.525. The number of carbonyl (C=O) groups excluding carboxylic acids is 2. The zero-order valence-corrected chi connectivity index (χ0v) is 19.4. The predicted molar refractivity (Wildman–Crippen MR) is 131 cm³/mol. The van der Waals surface area contributed by atoms with Crippen LogP contribution in [0, 0.1) is 0 Å². The second-order valence-corrected chi connectivity index (χ2v) is 9.06. The van der Waals surface area contributed by atoms with E-state index in [4.69, 9.17) is 16.3 Å². The van der Waals surface area contributed by atoms with Crippen molar-refractivity contribution in [2.75, 3.05) is 11.9 Å². The third-order valence-corrected chi connectivity index (χ3v) is 6.61. The number of benzene rings is 3. The average Bonchev–Trinajstić information content (AvgIpc) is 3.29. The molecule has 3 aromatic carbocycles. The molecular weight excluding hydrogens is 472 g/mol. The van der Waals surface area contributed by atoms with Gasteiger partial charge in [-0.15, -0.1) is 10.2 Å². The number of rotatable bonds is 6. The maximum Gasteiger partial charge on any atom is 0.252 e. The van der Waals surface area contributed by atoms with Crippen LogP contribution in [0.1, 0.15) is 32.4 Å². The molecule has 2 N–H and O–H groups in total. The first-order chi connectivity index (χ1) is 16.6. The highest BCUT2D eigenvalue weighted by atomic mass is 35.5. The summed E-state index contributed by atoms with van der Waals surface area (Å²) in [5.74, 6) is 0.337. The molecule has 34 heavy (non-hydrogen) atoms. The molecule has 4 aromatic rings. The molecule has 0 spiro atoms. The standard InChI is InChI=1S/C25H19ClN4O3S/c26-18-10-4-1-7-15(18)23(31)27-14-13-21-29-30-25(34-21)28-24(32)22-16-8-2-5-11-19(16)33-20-12-6-3-9-17(20)22/h1-12,22H,13-14H2,(H,27,31)(H,28,30,32). The molecule has 1 aromatic heterocycles. The van der Waals surface area contributed by atoms with E-state index in [1.54, 1.807) is 24.3 Å². The van der Waals surface area contributed by atoms with Crippen molar-refractivity contribution in [2.24, 2.45) is 0 Å². The minimum absolute atomic E-state index is 0.210. The van der Waals surface area contributed by atoms with E-state index < -0.39 is 5.92 Å². The fraction of sp³-hybridized carbons (Fsp3) is 0.120. The number of para-hydroxylation sites is 2. The van der Waals surface area contributed by atoms with Crippen molar-refractivity contribution in [3.05, 3.63) is 99.5 Å². The molecule has 0 saturated heterocycles. The first kappa shape index (κ1) is 22.1. The number of nitrogens with zero attached hydrogens (tertiary/aromatic N) is 2. The van der Waals surface area contributed by atoms with Gasteiger partial charge in [-0.1, -0.05) is 71.5 Å². The fourth-order valence-corrected chi connectivity index (χ4v) is 4.76. The molecule has 0 fully saturated rings. The lowest BCUT2D eigenvalue weighted by molar-refractivity contribution is -0.116. The van der Waals surface area contributed by atoms with E-state index >= 15 is 0 Å². The molecule has 2 heterocycles. The Kier molecular flexibility index (Phi) is 6.24. The molecule has 0 aliphatic carbocycles. The van der Waals surface area contributed by atoms with Crippen LogP contribution in [0.15, 0.2) is 72.8 Å². The Hall–Kier alpha value is -3.75. The smallest absolute Gasteiger partial charge is 0.252 e. The van der Waals surface area contributed by atoms with Crippen LogP contribution in [0.4, 0.5) is 5.13 Å². The summed E-state index contributed by atoms with van der Waals surface area (Å²) in [6, 6.07) is 21.9. The van der Waals surface area contributed by atoms with E-state index in [-0.39, 0.29) is 11.8 Å². The maximum absolute atomic E-state index is 13.3. The lowest BCUT2D eigenvalue weighted by Crippen LogP contribution is -2.25. The van der Waals surface area contributed by atoms with E-state index in [1.807, 2.05) is 48.5 Å². The number of aromatic nitrogens is 2. The van der Waals surface area contributed by atoms with Crippen molar-refractivity contribution in [3.8, 4) is 11.5 Å². The van der Waals surface area contributed by atoms with Gasteiger partial charge in [0.1, 0.15) is 16.5 Å². The number of fused-ring (bicyclic) bond motifs is 2. The van der Waals surface area contributed by atoms with Gasteiger partial charge in [0.05, 0.1) is 16.5 Å². The Bertz CT molecular complexity index is 1330. The van der Waals surface area contributed by atoms with Gasteiger partial charge < -0.3 is 10.1 Å². The monoisotopic (exact) mass is 490 g/mol. The number of hydrogen-bond donors (Lipinski definition) is 2. The van der Waals surface area contributed by atoms with Gasteiger partial charge in [0, 0.05) is 24.1 Å². The lowest BCUT2D eigenvalue weighted by Gasteiger charge is -2.27. The van der Waals surface area contributed by atoms with Crippen molar-refractivity contribution in [3.63, 3.8) is 0 Å². The Labute approximate surface area is 204 Å². The first-order valence-electron chi connectivity index (χ1n) is 10.6. The molecular formula is C25H19ClN4O3S. The number of halogens is 1. The third-order valence-electron chi connectivity index (χ3n) is 5.38. The number of nitrogens with one attached hydrogen (secondary N) is 2. The Morgan fingerprint density at radius 3 is 2.26 bits per heavy atom. The largest absolute Gasteiger partial charge is 0.457 e. The number of hydrogen-bond acceptors (Lipinski definition) is 6. The maximum atomic E-state index is 13.3. The quantitative estimate of drug-likeness (QED) is 0.395. The third kappa shape index (κ3) is 4.50. The highest BCUT2D eigenvalue weighted by molar-refractivity contribution is 7.15. The van der Waals surface area contributed by atoms with E-state index in [2.05, 4.69) is 20.8 Å². The lowest BCUT2D eigenvalue weighted by atomic mass is 9.87. The van der Waals surface area contributed by atoms with Gasteiger partial charge in [0.15, 0.2) is 0 Å². The van der Waals surface area contributed by atoms with Crippen LogP contribution in [0.2, 0.25) is 5.02 Å². The van der Waals surface area contributed by atoms with E-state index in [1.165, 1.54) is 11.3 Å². The molecule has 0 saturated carbocycles. The van der Waals surface area contributed by atoms with Gasteiger partial charge in [-0.3, -0.25) is 14.9 Å². The summed E-state index contributed by atoms with van der Waals surface area (Å²) in [5.41, 5.74) is 2.02. The normalized spacial score (nSPS) is 12.3. The minimum Gasteiger partial charge on any atom is -0.457 e. The Morgan fingerprint density at radius 1 is 0.912 bits per heavy atom. The Balaban J connectivity index is 1.24. The molecule has 1 aliphatic heterocycles. The zero-order valence-electron chi connectivity index (χ0n) is 17.8. The summed E-state index contributed by atoms with van der Waals surface area (Å²) in [6.07, 6.45) is 0.479. The second kappa shape index (κ2) is 9.62. The van der Waals surface area contributed by atoms with Crippen molar-refractivity contribution >= 4 is 39.9 Å². The summed E-state index contributed by atoms with van der Waals surface area (Å²) < 4.78 is 5.97. The van der Waals surface area contributed by atoms with E-state index in [0.29, 0.717) is 45.2 Å². The molecule has 1 aliphatic rings. The highest BCUT2D eigenvalue weighted by Crippen LogP contribution is 2.44. The van der Waals surface area contributed by atoms with Crippen molar-refractivity contribution < 1.29 is 14.3 Å². The van der Waals surface area contributed by atoms with Gasteiger partial charge >= 0.3 is 0 Å². The fourth-order valence-electron chi connectivity index (χ4n) is 3.80. The molecule has 5 rings (SSSR count). The molecule has 9 heteroatoms. The van der Waals surface area contributed by atoms with Crippen LogP contribution in [0.25, 0.3) is 0 Å². The van der Waals surface area contributed by atoms with Crippen molar-refractivity contribution in [1.29, 1.82) is 0 Å². The summed E-state index contributed by atoms with van der Waals surface area (Å²) in [7, 11) is 0. The topological polar surface area (TPSA) is 93.2 Å².